The molecule has 0 spiro atoms. The van der Waals surface area contributed by atoms with Crippen molar-refractivity contribution in [3.8, 4) is 0 Å². The summed E-state index contributed by atoms with van der Waals surface area (Å²) in [7, 11) is 3.79. The zero-order valence-electron chi connectivity index (χ0n) is 8.20. The molecule has 0 aliphatic rings. The number of nitrogens with one attached hydrogen (secondary N) is 1. The molecule has 1 aromatic heterocycles. The minimum Gasteiger partial charge on any atom is -0.394 e. The molecule has 13 heavy (non-hydrogen) atoms. The minimum absolute atomic E-state index is 0.589. The van der Waals surface area contributed by atoms with Gasteiger partial charge in [-0.05, 0) is 6.92 Å². The lowest BCUT2D eigenvalue weighted by molar-refractivity contribution is 1.02. The summed E-state index contributed by atoms with van der Waals surface area (Å²) in [5, 5.41) is 3.03. The fourth-order valence-electron chi connectivity index (χ4n) is 0.984. The Morgan fingerprint density at radius 1 is 1.54 bits per heavy atom. The van der Waals surface area contributed by atoms with E-state index in [1.807, 2.05) is 25.9 Å². The molecule has 3 N–H and O–H groups in total. The lowest BCUT2D eigenvalue weighted by atomic mass is 10.4. The Hall–Kier alpha value is -1.52. The number of nitrogens with two attached hydrogens (primary N) is 1. The first-order valence-corrected chi connectivity index (χ1v) is 4.19. The molecule has 0 bridgehead atoms. The van der Waals surface area contributed by atoms with E-state index in [-0.39, 0.29) is 0 Å². The van der Waals surface area contributed by atoms with Crippen LogP contribution in [0.4, 0.5) is 17.5 Å². The normalized spacial score (nSPS) is 9.77. The molecule has 0 amide bonds. The van der Waals surface area contributed by atoms with Crippen LogP contribution in [-0.4, -0.2) is 30.6 Å². The molecule has 5 nitrogen and oxygen atoms in total. The molecule has 0 unspecified atom stereocenters. The monoisotopic (exact) mass is 181 g/mol. The topological polar surface area (TPSA) is 67.1 Å². The Morgan fingerprint density at radius 2 is 2.23 bits per heavy atom. The first-order valence-electron chi connectivity index (χ1n) is 4.19. The second-order valence-electron chi connectivity index (χ2n) is 2.90. The molecular weight excluding hydrogens is 166 g/mol. The van der Waals surface area contributed by atoms with Crippen molar-refractivity contribution in [3.63, 3.8) is 0 Å². The van der Waals surface area contributed by atoms with Crippen molar-refractivity contribution in [1.29, 1.82) is 0 Å². The van der Waals surface area contributed by atoms with E-state index >= 15 is 0 Å². The predicted octanol–water partition coefficient (Wildman–Crippen LogP) is 0.557. The van der Waals surface area contributed by atoms with Crippen LogP contribution in [0.25, 0.3) is 0 Å². The predicted molar refractivity (Wildman–Crippen MR) is 54.9 cm³/mol. The van der Waals surface area contributed by atoms with Gasteiger partial charge in [-0.25, -0.2) is 4.98 Å². The smallest absolute Gasteiger partial charge is 0.224 e. The summed E-state index contributed by atoms with van der Waals surface area (Å²) in [4.78, 5) is 10.1. The van der Waals surface area contributed by atoms with Crippen LogP contribution in [0.2, 0.25) is 0 Å². The van der Waals surface area contributed by atoms with E-state index in [0.29, 0.717) is 11.6 Å². The first-order chi connectivity index (χ1) is 6.15. The quantitative estimate of drug-likeness (QED) is 0.713. The zero-order chi connectivity index (χ0) is 9.84. The zero-order valence-corrected chi connectivity index (χ0v) is 8.20. The molecule has 0 aliphatic heterocycles. The maximum Gasteiger partial charge on any atom is 0.224 e. The van der Waals surface area contributed by atoms with Gasteiger partial charge in [0.1, 0.15) is 0 Å². The maximum absolute atomic E-state index is 5.69. The van der Waals surface area contributed by atoms with Crippen LogP contribution < -0.4 is 16.0 Å². The number of nitrogens with zero attached hydrogens (tertiary/aromatic N) is 3. The number of hydrogen-bond acceptors (Lipinski definition) is 5. The molecule has 5 heteroatoms. The average Bonchev–Trinajstić information content (AvgIpc) is 2.08. The molecule has 72 valence electrons. The summed E-state index contributed by atoms with van der Waals surface area (Å²) in [5.41, 5.74) is 6.28. The average molecular weight is 181 g/mol. The van der Waals surface area contributed by atoms with Crippen LogP contribution in [0.1, 0.15) is 6.92 Å². The fourth-order valence-corrected chi connectivity index (χ4v) is 0.984. The summed E-state index contributed by atoms with van der Waals surface area (Å²) >= 11 is 0. The maximum atomic E-state index is 5.69. The van der Waals surface area contributed by atoms with Crippen LogP contribution in [-0.2, 0) is 0 Å². The molecule has 0 radical (unpaired) electrons. The fraction of sp³-hybridized carbons (Fsp3) is 0.500. The second kappa shape index (κ2) is 3.93. The molecule has 0 aliphatic carbocycles. The highest BCUT2D eigenvalue weighted by Crippen LogP contribution is 2.17. The highest BCUT2D eigenvalue weighted by atomic mass is 15.2. The number of anilines is 3. The summed E-state index contributed by atoms with van der Waals surface area (Å²) in [6, 6.07) is 0. The molecule has 0 saturated heterocycles. The molecule has 1 heterocycles. The Morgan fingerprint density at radius 3 is 2.77 bits per heavy atom. The SMILES string of the molecule is CCNc1ncc(N)c(N(C)C)n1. The molecule has 1 rings (SSSR count). The van der Waals surface area contributed by atoms with E-state index in [1.165, 1.54) is 0 Å². The molecule has 0 fully saturated rings. The van der Waals surface area contributed by atoms with Crippen molar-refractivity contribution in [1.82, 2.24) is 9.97 Å². The van der Waals surface area contributed by atoms with Crippen molar-refractivity contribution in [3.05, 3.63) is 6.20 Å². The third-order valence-electron chi connectivity index (χ3n) is 1.55. The highest BCUT2D eigenvalue weighted by Gasteiger charge is 2.04. The third-order valence-corrected chi connectivity index (χ3v) is 1.55. The van der Waals surface area contributed by atoms with Crippen molar-refractivity contribution in [2.75, 3.05) is 36.6 Å². The van der Waals surface area contributed by atoms with Gasteiger partial charge in [-0.15, -0.1) is 0 Å². The van der Waals surface area contributed by atoms with Crippen molar-refractivity contribution in [2.45, 2.75) is 6.92 Å². The summed E-state index contributed by atoms with van der Waals surface area (Å²) < 4.78 is 0. The van der Waals surface area contributed by atoms with Crippen LogP contribution in [0.3, 0.4) is 0 Å². The third kappa shape index (κ3) is 2.21. The standard InChI is InChI=1S/C8H15N5/c1-4-10-8-11-5-6(9)7(12-8)13(2)3/h5H,4,9H2,1-3H3,(H,10,11,12). The van der Waals surface area contributed by atoms with E-state index < -0.39 is 0 Å². The van der Waals surface area contributed by atoms with E-state index in [4.69, 9.17) is 5.73 Å². The second-order valence-corrected chi connectivity index (χ2v) is 2.90. The van der Waals surface area contributed by atoms with E-state index in [1.54, 1.807) is 6.20 Å². The van der Waals surface area contributed by atoms with Gasteiger partial charge in [-0.3, -0.25) is 0 Å². The van der Waals surface area contributed by atoms with Gasteiger partial charge in [0.15, 0.2) is 5.82 Å². The van der Waals surface area contributed by atoms with Gasteiger partial charge >= 0.3 is 0 Å². The largest absolute Gasteiger partial charge is 0.394 e. The summed E-state index contributed by atoms with van der Waals surface area (Å²) in [6.07, 6.45) is 1.61. The highest BCUT2D eigenvalue weighted by molar-refractivity contribution is 5.62. The van der Waals surface area contributed by atoms with Crippen LogP contribution in [0.15, 0.2) is 6.20 Å². The van der Waals surface area contributed by atoms with Gasteiger partial charge in [-0.1, -0.05) is 0 Å². The van der Waals surface area contributed by atoms with Gasteiger partial charge in [0, 0.05) is 20.6 Å². The molecule has 0 saturated carbocycles. The van der Waals surface area contributed by atoms with E-state index in [0.717, 1.165) is 12.4 Å². The Balaban J connectivity index is 2.97. The van der Waals surface area contributed by atoms with Crippen LogP contribution in [0, 0.1) is 0 Å². The van der Waals surface area contributed by atoms with Crippen LogP contribution >= 0.6 is 0 Å². The number of nitrogen functional groups attached to an aromatic ring is 1. The first kappa shape index (κ1) is 9.57. The van der Waals surface area contributed by atoms with Crippen molar-refractivity contribution >= 4 is 17.5 Å². The summed E-state index contributed by atoms with van der Waals surface area (Å²) in [6.45, 7) is 2.80. The minimum atomic E-state index is 0.589. The number of aromatic nitrogens is 2. The van der Waals surface area contributed by atoms with Gasteiger partial charge < -0.3 is 16.0 Å². The van der Waals surface area contributed by atoms with Crippen LogP contribution in [0.5, 0.6) is 0 Å². The molecule has 0 aromatic carbocycles. The van der Waals surface area contributed by atoms with Gasteiger partial charge in [0.25, 0.3) is 0 Å². The molecular formula is C8H15N5. The Labute approximate surface area is 78.0 Å². The van der Waals surface area contributed by atoms with Gasteiger partial charge in [-0.2, -0.15) is 4.98 Å². The van der Waals surface area contributed by atoms with Crippen molar-refractivity contribution < 1.29 is 0 Å². The lowest BCUT2D eigenvalue weighted by Crippen LogP contribution is -2.15. The van der Waals surface area contributed by atoms with Gasteiger partial charge in [0.05, 0.1) is 11.9 Å². The van der Waals surface area contributed by atoms with E-state index in [9.17, 15) is 0 Å². The van der Waals surface area contributed by atoms with Gasteiger partial charge in [0.2, 0.25) is 5.95 Å². The Bertz CT molecular complexity index is 284. The molecule has 1 aromatic rings. The van der Waals surface area contributed by atoms with E-state index in [2.05, 4.69) is 15.3 Å². The number of rotatable bonds is 3. The number of hydrogen-bond donors (Lipinski definition) is 2. The molecule has 0 atom stereocenters. The lowest BCUT2D eigenvalue weighted by Gasteiger charge is -2.14. The Kier molecular flexibility index (Phi) is 2.89. The van der Waals surface area contributed by atoms with Crippen molar-refractivity contribution in [2.24, 2.45) is 0 Å². The summed E-state index contributed by atoms with van der Waals surface area (Å²) in [5.74, 6) is 1.35.